The van der Waals surface area contributed by atoms with Gasteiger partial charge in [-0.15, -0.1) is 11.3 Å². The lowest BCUT2D eigenvalue weighted by atomic mass is 9.71. The topological polar surface area (TPSA) is 44.4 Å². The summed E-state index contributed by atoms with van der Waals surface area (Å²) in [5.41, 5.74) is 0.138. The van der Waals surface area contributed by atoms with Gasteiger partial charge in [-0.2, -0.15) is 0 Å². The SMILES string of the molecule is CN(C)[C@]1(c2cccs2)CC[C@H]2NC(=O)NCC2C1. The Hall–Kier alpha value is -1.07. The van der Waals surface area contributed by atoms with Crippen molar-refractivity contribution in [3.63, 3.8) is 0 Å². The lowest BCUT2D eigenvalue weighted by molar-refractivity contribution is 0.0502. The van der Waals surface area contributed by atoms with Gasteiger partial charge >= 0.3 is 6.03 Å². The molecular formula is C14H21N3OS. The highest BCUT2D eigenvalue weighted by Crippen LogP contribution is 2.45. The Morgan fingerprint density at radius 3 is 3.00 bits per heavy atom. The van der Waals surface area contributed by atoms with Gasteiger partial charge in [0, 0.05) is 17.5 Å². The van der Waals surface area contributed by atoms with Crippen LogP contribution >= 0.6 is 11.3 Å². The number of hydrogen-bond donors (Lipinski definition) is 2. The van der Waals surface area contributed by atoms with Gasteiger partial charge in [-0.1, -0.05) is 6.07 Å². The van der Waals surface area contributed by atoms with E-state index in [2.05, 4.69) is 47.1 Å². The maximum atomic E-state index is 11.4. The lowest BCUT2D eigenvalue weighted by Gasteiger charge is -2.49. The molecule has 2 fully saturated rings. The summed E-state index contributed by atoms with van der Waals surface area (Å²) in [4.78, 5) is 15.2. The van der Waals surface area contributed by atoms with Crippen molar-refractivity contribution < 1.29 is 4.79 Å². The van der Waals surface area contributed by atoms with Crippen LogP contribution < -0.4 is 10.6 Å². The van der Waals surface area contributed by atoms with Crippen molar-refractivity contribution in [2.24, 2.45) is 5.92 Å². The van der Waals surface area contributed by atoms with Gasteiger partial charge in [0.1, 0.15) is 0 Å². The van der Waals surface area contributed by atoms with Gasteiger partial charge < -0.3 is 10.6 Å². The van der Waals surface area contributed by atoms with Crippen LogP contribution in [-0.4, -0.2) is 37.6 Å². The molecule has 1 unspecified atom stereocenters. The van der Waals surface area contributed by atoms with Crippen LogP contribution in [0.3, 0.4) is 0 Å². The van der Waals surface area contributed by atoms with E-state index in [-0.39, 0.29) is 11.6 Å². The molecule has 4 nitrogen and oxygen atoms in total. The van der Waals surface area contributed by atoms with E-state index in [1.54, 1.807) is 0 Å². The van der Waals surface area contributed by atoms with Crippen molar-refractivity contribution in [1.29, 1.82) is 0 Å². The number of amides is 2. The van der Waals surface area contributed by atoms with Crippen LogP contribution in [-0.2, 0) is 5.54 Å². The highest BCUT2D eigenvalue weighted by Gasteiger charge is 2.45. The summed E-state index contributed by atoms with van der Waals surface area (Å²) in [5, 5.41) is 8.17. The van der Waals surface area contributed by atoms with E-state index in [0.717, 1.165) is 25.8 Å². The number of nitrogens with zero attached hydrogens (tertiary/aromatic N) is 1. The predicted molar refractivity (Wildman–Crippen MR) is 77.3 cm³/mol. The number of hydrogen-bond acceptors (Lipinski definition) is 3. The van der Waals surface area contributed by atoms with Crippen molar-refractivity contribution in [1.82, 2.24) is 15.5 Å². The Kier molecular flexibility index (Phi) is 3.27. The van der Waals surface area contributed by atoms with E-state index >= 15 is 0 Å². The minimum Gasteiger partial charge on any atom is -0.338 e. The standard InChI is InChI=1S/C14H21N3OS/c1-17(2)14(12-4-3-7-19-12)6-5-11-10(8-14)9-15-13(18)16-11/h3-4,7,10-11H,5-6,8-9H2,1-2H3,(H2,15,16,18)/t10?,11-,14-/m1/s1. The van der Waals surface area contributed by atoms with Gasteiger partial charge in [-0.3, -0.25) is 4.90 Å². The third-order valence-corrected chi connectivity index (χ3v) is 5.78. The number of thiophene rings is 1. The molecule has 0 bridgehead atoms. The Balaban J connectivity index is 1.86. The summed E-state index contributed by atoms with van der Waals surface area (Å²) in [6.07, 6.45) is 3.29. The Morgan fingerprint density at radius 2 is 2.32 bits per heavy atom. The molecular weight excluding hydrogens is 258 g/mol. The molecule has 1 aliphatic heterocycles. The molecule has 0 aromatic carbocycles. The summed E-state index contributed by atoms with van der Waals surface area (Å²) < 4.78 is 0. The van der Waals surface area contributed by atoms with Crippen LogP contribution in [0.2, 0.25) is 0 Å². The molecule has 0 radical (unpaired) electrons. The fourth-order valence-electron chi connectivity index (χ4n) is 3.55. The van der Waals surface area contributed by atoms with Crippen LogP contribution in [0.1, 0.15) is 24.1 Å². The second kappa shape index (κ2) is 4.80. The largest absolute Gasteiger partial charge is 0.338 e. The second-order valence-electron chi connectivity index (χ2n) is 5.87. The molecule has 1 saturated heterocycles. The Labute approximate surface area is 118 Å². The quantitative estimate of drug-likeness (QED) is 0.869. The molecule has 1 aliphatic carbocycles. The van der Waals surface area contributed by atoms with Gasteiger partial charge in [0.05, 0.1) is 5.54 Å². The van der Waals surface area contributed by atoms with Gasteiger partial charge in [0.25, 0.3) is 0 Å². The van der Waals surface area contributed by atoms with Crippen LogP contribution in [0.25, 0.3) is 0 Å². The monoisotopic (exact) mass is 279 g/mol. The fraction of sp³-hybridized carbons (Fsp3) is 0.643. The first kappa shape index (κ1) is 12.9. The molecule has 19 heavy (non-hydrogen) atoms. The fourth-order valence-corrected chi connectivity index (χ4v) is 4.60. The number of carbonyl (C=O) groups is 1. The van der Waals surface area contributed by atoms with Gasteiger partial charge in [-0.05, 0) is 50.7 Å². The first-order chi connectivity index (χ1) is 9.12. The maximum absolute atomic E-state index is 11.4. The van der Waals surface area contributed by atoms with Crippen molar-refractivity contribution in [2.45, 2.75) is 30.8 Å². The highest BCUT2D eigenvalue weighted by atomic mass is 32.1. The zero-order valence-electron chi connectivity index (χ0n) is 11.5. The summed E-state index contributed by atoms with van der Waals surface area (Å²) in [5.74, 6) is 0.524. The number of rotatable bonds is 2. The molecule has 104 valence electrons. The zero-order valence-corrected chi connectivity index (χ0v) is 12.3. The van der Waals surface area contributed by atoms with Crippen LogP contribution in [0, 0.1) is 5.92 Å². The third kappa shape index (κ3) is 2.15. The number of carbonyl (C=O) groups excluding carboxylic acids is 1. The first-order valence-corrected chi connectivity index (χ1v) is 7.75. The number of urea groups is 1. The second-order valence-corrected chi connectivity index (χ2v) is 6.81. The van der Waals surface area contributed by atoms with Gasteiger partial charge in [-0.25, -0.2) is 4.79 Å². The minimum atomic E-state index is -0.00488. The normalized spacial score (nSPS) is 34.6. The summed E-state index contributed by atoms with van der Waals surface area (Å²) >= 11 is 1.85. The molecule has 2 aliphatic rings. The molecule has 1 aromatic heterocycles. The van der Waals surface area contributed by atoms with Crippen molar-refractivity contribution in [2.75, 3.05) is 20.6 Å². The first-order valence-electron chi connectivity index (χ1n) is 6.87. The zero-order chi connectivity index (χ0) is 13.5. The maximum Gasteiger partial charge on any atom is 0.315 e. The van der Waals surface area contributed by atoms with Crippen LogP contribution in [0.4, 0.5) is 4.79 Å². The van der Waals surface area contributed by atoms with Gasteiger partial charge in [0.2, 0.25) is 0 Å². The van der Waals surface area contributed by atoms with Crippen molar-refractivity contribution in [3.05, 3.63) is 22.4 Å². The van der Waals surface area contributed by atoms with E-state index in [9.17, 15) is 4.79 Å². The van der Waals surface area contributed by atoms with Gasteiger partial charge in [0.15, 0.2) is 0 Å². The third-order valence-electron chi connectivity index (χ3n) is 4.72. The summed E-state index contributed by atoms with van der Waals surface area (Å²) in [6.45, 7) is 0.803. The summed E-state index contributed by atoms with van der Waals surface area (Å²) in [6, 6.07) is 4.73. The average molecular weight is 279 g/mol. The molecule has 1 aromatic rings. The van der Waals surface area contributed by atoms with Crippen LogP contribution in [0.5, 0.6) is 0 Å². The van der Waals surface area contributed by atoms with Crippen molar-refractivity contribution >= 4 is 17.4 Å². The Morgan fingerprint density at radius 1 is 1.47 bits per heavy atom. The molecule has 2 heterocycles. The van der Waals surface area contributed by atoms with Crippen LogP contribution in [0.15, 0.2) is 17.5 Å². The molecule has 3 rings (SSSR count). The smallest absolute Gasteiger partial charge is 0.315 e. The van der Waals surface area contributed by atoms with E-state index in [1.165, 1.54) is 4.88 Å². The molecule has 1 saturated carbocycles. The Bertz CT molecular complexity index is 459. The minimum absolute atomic E-state index is 0.00488. The average Bonchev–Trinajstić information content (AvgIpc) is 2.92. The predicted octanol–water partition coefficient (Wildman–Crippen LogP) is 1.99. The molecule has 2 N–H and O–H groups in total. The number of fused-ring (bicyclic) bond motifs is 1. The highest BCUT2D eigenvalue weighted by molar-refractivity contribution is 7.10. The molecule has 2 amide bonds. The van der Waals surface area contributed by atoms with Crippen molar-refractivity contribution in [3.8, 4) is 0 Å². The summed E-state index contributed by atoms with van der Waals surface area (Å²) in [7, 11) is 4.35. The molecule has 5 heteroatoms. The van der Waals surface area contributed by atoms with E-state index < -0.39 is 0 Å². The molecule has 0 spiro atoms. The van der Waals surface area contributed by atoms with E-state index in [0.29, 0.717) is 12.0 Å². The van der Waals surface area contributed by atoms with E-state index in [1.807, 2.05) is 11.3 Å². The molecule has 3 atom stereocenters. The van der Waals surface area contributed by atoms with E-state index in [4.69, 9.17) is 0 Å². The number of nitrogens with one attached hydrogen (secondary N) is 2. The lowest BCUT2D eigenvalue weighted by Crippen LogP contribution is -2.60.